The van der Waals surface area contributed by atoms with Gasteiger partial charge in [0.1, 0.15) is 11.5 Å². The molecule has 1 N–H and O–H groups in total. The van der Waals surface area contributed by atoms with Crippen molar-refractivity contribution in [3.63, 3.8) is 0 Å². The Morgan fingerprint density at radius 3 is 2.43 bits per heavy atom. The zero-order chi connectivity index (χ0) is 16.8. The minimum atomic E-state index is 0.0842. The fourth-order valence-corrected chi connectivity index (χ4v) is 2.42. The number of nitrogens with one attached hydrogen (secondary N) is 1. The highest BCUT2D eigenvalue weighted by Gasteiger charge is 2.13. The minimum absolute atomic E-state index is 0.0842. The first kappa shape index (κ1) is 17.2. The van der Waals surface area contributed by atoms with E-state index in [0.717, 1.165) is 35.7 Å². The second-order valence-electron chi connectivity index (χ2n) is 5.64. The van der Waals surface area contributed by atoms with E-state index in [9.17, 15) is 4.79 Å². The van der Waals surface area contributed by atoms with Crippen molar-refractivity contribution in [1.29, 1.82) is 0 Å². The number of amides is 1. The molecule has 1 amide bonds. The molecule has 1 aromatic carbocycles. The molecule has 1 atom stereocenters. The maximum atomic E-state index is 12.3. The average Bonchev–Trinajstić information content (AvgIpc) is 3.00. The monoisotopic (exact) mass is 315 g/mol. The summed E-state index contributed by atoms with van der Waals surface area (Å²) in [6.45, 7) is 10.1. The van der Waals surface area contributed by atoms with Crippen LogP contribution < -0.4 is 5.32 Å². The Morgan fingerprint density at radius 2 is 1.91 bits per heavy atom. The fraction of sp³-hybridized carbons (Fsp3) is 0.444. The van der Waals surface area contributed by atoms with Crippen LogP contribution in [0.1, 0.15) is 54.2 Å². The summed E-state index contributed by atoms with van der Waals surface area (Å²) in [5.74, 6) is 0.897. The van der Waals surface area contributed by atoms with E-state index in [4.69, 9.17) is 4.52 Å². The van der Waals surface area contributed by atoms with E-state index in [-0.39, 0.29) is 11.9 Å². The van der Waals surface area contributed by atoms with Gasteiger partial charge in [0.15, 0.2) is 0 Å². The van der Waals surface area contributed by atoms with Crippen LogP contribution in [0.3, 0.4) is 0 Å². The van der Waals surface area contributed by atoms with E-state index >= 15 is 0 Å². The van der Waals surface area contributed by atoms with Crippen LogP contribution in [-0.2, 0) is 6.54 Å². The lowest BCUT2D eigenvalue weighted by molar-refractivity contribution is 0.0773. The standard InChI is InChI=1S/C18H25N3O2/c1-5-21(6-2)18(22)16-9-7-15(8-10-16)12-19-14(4)17-11-13(3)23-20-17/h7-11,14,19H,5-6,12H2,1-4H3. The van der Waals surface area contributed by atoms with Crippen molar-refractivity contribution in [2.45, 2.75) is 40.3 Å². The zero-order valence-electron chi connectivity index (χ0n) is 14.3. The SMILES string of the molecule is CCN(CC)C(=O)c1ccc(CNC(C)c2cc(C)on2)cc1. The van der Waals surface area contributed by atoms with Gasteiger partial charge in [-0.2, -0.15) is 0 Å². The number of carbonyl (C=O) groups excluding carboxylic acids is 1. The summed E-state index contributed by atoms with van der Waals surface area (Å²) in [5.41, 5.74) is 2.77. The lowest BCUT2D eigenvalue weighted by atomic mass is 10.1. The average molecular weight is 315 g/mol. The predicted octanol–water partition coefficient (Wildman–Crippen LogP) is 3.32. The number of rotatable bonds is 7. The summed E-state index contributed by atoms with van der Waals surface area (Å²) in [6.07, 6.45) is 0. The number of nitrogens with zero attached hydrogens (tertiary/aromatic N) is 2. The molecule has 0 aliphatic rings. The van der Waals surface area contributed by atoms with E-state index < -0.39 is 0 Å². The Morgan fingerprint density at radius 1 is 1.26 bits per heavy atom. The van der Waals surface area contributed by atoms with Crippen LogP contribution >= 0.6 is 0 Å². The Hall–Kier alpha value is -2.14. The maximum absolute atomic E-state index is 12.3. The first-order chi connectivity index (χ1) is 11.0. The Kier molecular flexibility index (Phi) is 5.93. The van der Waals surface area contributed by atoms with Crippen LogP contribution in [0.25, 0.3) is 0 Å². The Bertz CT molecular complexity index is 630. The van der Waals surface area contributed by atoms with Crippen LogP contribution in [0.5, 0.6) is 0 Å². The molecule has 0 aliphatic heterocycles. The molecule has 2 rings (SSSR count). The van der Waals surface area contributed by atoms with Crippen molar-refractivity contribution >= 4 is 5.91 Å². The van der Waals surface area contributed by atoms with Gasteiger partial charge < -0.3 is 14.7 Å². The van der Waals surface area contributed by atoms with Crippen LogP contribution in [0.2, 0.25) is 0 Å². The molecule has 1 unspecified atom stereocenters. The first-order valence-electron chi connectivity index (χ1n) is 8.10. The highest BCUT2D eigenvalue weighted by molar-refractivity contribution is 5.94. The molecule has 0 saturated carbocycles. The number of aryl methyl sites for hydroxylation is 1. The topological polar surface area (TPSA) is 58.4 Å². The molecule has 0 spiro atoms. The molecule has 0 radical (unpaired) electrons. The quantitative estimate of drug-likeness (QED) is 0.851. The summed E-state index contributed by atoms with van der Waals surface area (Å²) in [6, 6.07) is 9.81. The number of carbonyl (C=O) groups is 1. The first-order valence-corrected chi connectivity index (χ1v) is 8.10. The summed E-state index contributed by atoms with van der Waals surface area (Å²) < 4.78 is 5.09. The molecule has 1 heterocycles. The van der Waals surface area contributed by atoms with Gasteiger partial charge in [-0.15, -0.1) is 0 Å². The van der Waals surface area contributed by atoms with Crippen LogP contribution in [-0.4, -0.2) is 29.1 Å². The predicted molar refractivity (Wildman–Crippen MR) is 90.2 cm³/mol. The molecule has 124 valence electrons. The summed E-state index contributed by atoms with van der Waals surface area (Å²) in [4.78, 5) is 14.1. The smallest absolute Gasteiger partial charge is 0.253 e. The molecule has 23 heavy (non-hydrogen) atoms. The van der Waals surface area contributed by atoms with Gasteiger partial charge in [0, 0.05) is 31.3 Å². The molecule has 1 aromatic heterocycles. The molecule has 5 nitrogen and oxygen atoms in total. The van der Waals surface area contributed by atoms with Gasteiger partial charge in [0.25, 0.3) is 5.91 Å². The van der Waals surface area contributed by atoms with Crippen molar-refractivity contribution in [1.82, 2.24) is 15.4 Å². The van der Waals surface area contributed by atoms with Gasteiger partial charge in [-0.05, 0) is 45.4 Å². The van der Waals surface area contributed by atoms with E-state index in [0.29, 0.717) is 6.54 Å². The van der Waals surface area contributed by atoms with Gasteiger partial charge in [-0.1, -0.05) is 17.3 Å². The number of aromatic nitrogens is 1. The lowest BCUT2D eigenvalue weighted by Gasteiger charge is -2.18. The number of hydrogen-bond donors (Lipinski definition) is 1. The van der Waals surface area contributed by atoms with Crippen molar-refractivity contribution in [3.8, 4) is 0 Å². The van der Waals surface area contributed by atoms with Crippen molar-refractivity contribution in [3.05, 3.63) is 52.9 Å². The number of hydrogen-bond acceptors (Lipinski definition) is 4. The molecule has 2 aromatic rings. The Labute approximate surface area is 137 Å². The molecular weight excluding hydrogens is 290 g/mol. The fourth-order valence-electron chi connectivity index (χ4n) is 2.42. The van der Waals surface area contributed by atoms with E-state index in [2.05, 4.69) is 17.4 Å². The summed E-state index contributed by atoms with van der Waals surface area (Å²) >= 11 is 0. The van der Waals surface area contributed by atoms with Gasteiger partial charge in [-0.3, -0.25) is 4.79 Å². The van der Waals surface area contributed by atoms with Gasteiger partial charge in [-0.25, -0.2) is 0 Å². The summed E-state index contributed by atoms with van der Waals surface area (Å²) in [5, 5.41) is 7.42. The van der Waals surface area contributed by atoms with E-state index in [1.54, 1.807) is 0 Å². The minimum Gasteiger partial charge on any atom is -0.361 e. The van der Waals surface area contributed by atoms with E-state index in [1.165, 1.54) is 0 Å². The third-order valence-electron chi connectivity index (χ3n) is 3.95. The molecule has 0 aliphatic carbocycles. The van der Waals surface area contributed by atoms with Gasteiger partial charge in [0.2, 0.25) is 0 Å². The normalized spacial score (nSPS) is 12.2. The lowest BCUT2D eigenvalue weighted by Crippen LogP contribution is -2.30. The molecule has 0 fully saturated rings. The molecule has 5 heteroatoms. The zero-order valence-corrected chi connectivity index (χ0v) is 14.3. The van der Waals surface area contributed by atoms with Gasteiger partial charge in [0.05, 0.1) is 6.04 Å². The Balaban J connectivity index is 1.93. The second kappa shape index (κ2) is 7.92. The third-order valence-corrected chi connectivity index (χ3v) is 3.95. The largest absolute Gasteiger partial charge is 0.361 e. The second-order valence-corrected chi connectivity index (χ2v) is 5.64. The maximum Gasteiger partial charge on any atom is 0.253 e. The highest BCUT2D eigenvalue weighted by atomic mass is 16.5. The molecule has 0 bridgehead atoms. The van der Waals surface area contributed by atoms with Crippen LogP contribution in [0.15, 0.2) is 34.9 Å². The van der Waals surface area contributed by atoms with Gasteiger partial charge >= 0.3 is 0 Å². The summed E-state index contributed by atoms with van der Waals surface area (Å²) in [7, 11) is 0. The highest BCUT2D eigenvalue weighted by Crippen LogP contribution is 2.13. The van der Waals surface area contributed by atoms with E-state index in [1.807, 2.05) is 56.0 Å². The van der Waals surface area contributed by atoms with Crippen molar-refractivity contribution in [2.75, 3.05) is 13.1 Å². The molecule has 0 saturated heterocycles. The van der Waals surface area contributed by atoms with Crippen LogP contribution in [0.4, 0.5) is 0 Å². The molecular formula is C18H25N3O2. The number of benzene rings is 1. The van der Waals surface area contributed by atoms with Crippen LogP contribution in [0, 0.1) is 6.92 Å². The third kappa shape index (κ3) is 4.42. The van der Waals surface area contributed by atoms with Crippen molar-refractivity contribution in [2.24, 2.45) is 0 Å². The van der Waals surface area contributed by atoms with Crippen molar-refractivity contribution < 1.29 is 9.32 Å².